The zero-order valence-electron chi connectivity index (χ0n) is 28.3. The zero-order valence-corrected chi connectivity index (χ0v) is 29.1. The van der Waals surface area contributed by atoms with Gasteiger partial charge in [-0.3, -0.25) is 14.2 Å². The van der Waals surface area contributed by atoms with E-state index < -0.39 is 15.5 Å². The van der Waals surface area contributed by atoms with E-state index in [2.05, 4.69) is 90.1 Å². The van der Waals surface area contributed by atoms with E-state index in [1.54, 1.807) is 30.2 Å². The topological polar surface area (TPSA) is 99.2 Å². The van der Waals surface area contributed by atoms with Gasteiger partial charge in [-0.1, -0.05) is 78.9 Å². The van der Waals surface area contributed by atoms with Crippen LogP contribution < -0.4 is 15.0 Å². The number of amides is 1. The van der Waals surface area contributed by atoms with Gasteiger partial charge in [0.05, 0.1) is 28.8 Å². The van der Waals surface area contributed by atoms with E-state index in [0.29, 0.717) is 5.92 Å². The van der Waals surface area contributed by atoms with Crippen molar-refractivity contribution < 1.29 is 22.5 Å². The molecule has 4 aromatic carbocycles. The van der Waals surface area contributed by atoms with Crippen LogP contribution in [0.3, 0.4) is 0 Å². The van der Waals surface area contributed by atoms with Gasteiger partial charge in [0.1, 0.15) is 5.75 Å². The van der Waals surface area contributed by atoms with Gasteiger partial charge in [-0.15, -0.1) is 0 Å². The highest BCUT2D eigenvalue weighted by molar-refractivity contribution is 7.85. The van der Waals surface area contributed by atoms with Crippen molar-refractivity contribution in [3.8, 4) is 5.75 Å². The Morgan fingerprint density at radius 2 is 1.40 bits per heavy atom. The molecule has 0 aliphatic carbocycles. The Labute approximate surface area is 284 Å². The molecule has 0 radical (unpaired) electrons. The third kappa shape index (κ3) is 5.72. The number of benzene rings is 4. The van der Waals surface area contributed by atoms with Gasteiger partial charge in [0.15, 0.2) is 0 Å². The molecule has 8 nitrogen and oxygen atoms in total. The molecule has 3 saturated heterocycles. The highest BCUT2D eigenvalue weighted by atomic mass is 32.2. The summed E-state index contributed by atoms with van der Waals surface area (Å²) in [5.74, 6) is 1.80. The first-order valence-electron chi connectivity index (χ1n) is 16.5. The van der Waals surface area contributed by atoms with Gasteiger partial charge in [-0.05, 0) is 74.5 Å². The second-order valence-electron chi connectivity index (χ2n) is 13.5. The molecular formula is C39H45N3O5S. The van der Waals surface area contributed by atoms with Crippen molar-refractivity contribution in [1.82, 2.24) is 10.2 Å². The number of likely N-dealkylation sites (N-methyl/N-ethyl adjacent to an activating group) is 2. The molecule has 1 amide bonds. The molecule has 2 N–H and O–H groups in total. The summed E-state index contributed by atoms with van der Waals surface area (Å²) in [7, 11) is 1.77. The summed E-state index contributed by atoms with van der Waals surface area (Å²) in [6.07, 6.45) is 2.32. The molecule has 4 aliphatic heterocycles. The Hall–Kier alpha value is -4.02. The summed E-state index contributed by atoms with van der Waals surface area (Å²) in [4.78, 5) is 17.6. The molecule has 2 bridgehead atoms. The average Bonchev–Trinajstić information content (AvgIpc) is 3.28. The minimum absolute atomic E-state index is 0.0741. The molecular weight excluding hydrogens is 623 g/mol. The number of hydrogen-bond acceptors (Lipinski definition) is 6. The Bertz CT molecular complexity index is 1820. The molecule has 4 aliphatic rings. The SMILES string of the molecule is CN[C@@]1(C(c2ccccc2)c2ccccc2)[C@H](c2cc3c(cc2OC)N(C)C(=O)C3(C)C)C2CCN1CC2.O=S(=O)(O)c1ccccc1. The Morgan fingerprint density at radius 3 is 1.85 bits per heavy atom. The minimum Gasteiger partial charge on any atom is -0.496 e. The molecule has 252 valence electrons. The lowest BCUT2D eigenvalue weighted by atomic mass is 9.60. The van der Waals surface area contributed by atoms with Crippen molar-refractivity contribution in [2.45, 2.75) is 54.5 Å². The third-order valence-electron chi connectivity index (χ3n) is 10.7. The summed E-state index contributed by atoms with van der Waals surface area (Å²) in [6.45, 7) is 6.23. The van der Waals surface area contributed by atoms with Crippen LogP contribution in [0, 0.1) is 5.92 Å². The normalized spacial score (nSPS) is 24.2. The van der Waals surface area contributed by atoms with Crippen molar-refractivity contribution in [2.24, 2.45) is 5.92 Å². The van der Waals surface area contributed by atoms with Gasteiger partial charge < -0.3 is 15.0 Å². The first-order chi connectivity index (χ1) is 22.9. The number of ether oxygens (including phenoxy) is 1. The molecule has 2 atom stereocenters. The van der Waals surface area contributed by atoms with Crippen molar-refractivity contribution in [3.63, 3.8) is 0 Å². The van der Waals surface area contributed by atoms with E-state index in [4.69, 9.17) is 9.29 Å². The fourth-order valence-corrected chi connectivity index (χ4v) is 8.98. The number of hydrogen-bond donors (Lipinski definition) is 2. The summed E-state index contributed by atoms with van der Waals surface area (Å²) < 4.78 is 35.4. The fraction of sp³-hybridized carbons (Fsp3) is 0.359. The van der Waals surface area contributed by atoms with Crippen LogP contribution in [0.2, 0.25) is 0 Å². The maximum absolute atomic E-state index is 13.2. The lowest BCUT2D eigenvalue weighted by molar-refractivity contribution is -0.121. The number of piperidine rings is 3. The van der Waals surface area contributed by atoms with Crippen LogP contribution in [0.4, 0.5) is 5.69 Å². The number of methoxy groups -OCH3 is 1. The summed E-state index contributed by atoms with van der Waals surface area (Å²) in [5.41, 5.74) is 4.95. The van der Waals surface area contributed by atoms with E-state index in [0.717, 1.165) is 42.9 Å². The third-order valence-corrected chi connectivity index (χ3v) is 11.6. The van der Waals surface area contributed by atoms with Crippen LogP contribution in [-0.4, -0.2) is 63.7 Å². The van der Waals surface area contributed by atoms with Crippen molar-refractivity contribution in [2.75, 3.05) is 39.2 Å². The second kappa shape index (κ2) is 13.1. The molecule has 0 aromatic heterocycles. The second-order valence-corrected chi connectivity index (χ2v) is 14.9. The molecule has 0 saturated carbocycles. The Kier molecular flexibility index (Phi) is 9.26. The van der Waals surface area contributed by atoms with Crippen LogP contribution in [0.25, 0.3) is 0 Å². The molecule has 48 heavy (non-hydrogen) atoms. The Balaban J connectivity index is 0.000000345. The van der Waals surface area contributed by atoms with Crippen LogP contribution in [0.5, 0.6) is 5.75 Å². The van der Waals surface area contributed by atoms with Gasteiger partial charge in [0, 0.05) is 43.6 Å². The average molecular weight is 668 g/mol. The number of nitrogens with zero attached hydrogens (tertiary/aromatic N) is 2. The number of fused-ring (bicyclic) bond motifs is 4. The highest BCUT2D eigenvalue weighted by Gasteiger charge is 2.59. The van der Waals surface area contributed by atoms with E-state index in [9.17, 15) is 13.2 Å². The molecule has 0 unspecified atom stereocenters. The molecule has 3 fully saturated rings. The fourth-order valence-electron chi connectivity index (χ4n) is 8.48. The lowest BCUT2D eigenvalue weighted by Crippen LogP contribution is -2.71. The van der Waals surface area contributed by atoms with E-state index >= 15 is 0 Å². The molecule has 0 spiro atoms. The first kappa shape index (κ1) is 33.9. The zero-order chi connectivity index (χ0) is 34.3. The summed E-state index contributed by atoms with van der Waals surface area (Å²) in [6, 6.07) is 33.7. The molecule has 8 rings (SSSR count). The first-order valence-corrected chi connectivity index (χ1v) is 18.0. The van der Waals surface area contributed by atoms with E-state index in [-0.39, 0.29) is 28.3 Å². The van der Waals surface area contributed by atoms with E-state index in [1.165, 1.54) is 28.8 Å². The predicted octanol–water partition coefficient (Wildman–Crippen LogP) is 6.44. The minimum atomic E-state index is -4.00. The number of carbonyl (C=O) groups excluding carboxylic acids is 1. The molecule has 4 heterocycles. The number of nitrogens with one attached hydrogen (secondary N) is 1. The highest BCUT2D eigenvalue weighted by Crippen LogP contribution is 2.58. The largest absolute Gasteiger partial charge is 0.496 e. The van der Waals surface area contributed by atoms with Gasteiger partial charge in [-0.2, -0.15) is 8.42 Å². The van der Waals surface area contributed by atoms with Crippen LogP contribution in [0.15, 0.2) is 108 Å². The van der Waals surface area contributed by atoms with Gasteiger partial charge >= 0.3 is 0 Å². The number of carbonyl (C=O) groups is 1. The predicted molar refractivity (Wildman–Crippen MR) is 189 cm³/mol. The Morgan fingerprint density at radius 1 is 0.875 bits per heavy atom. The van der Waals surface area contributed by atoms with Crippen molar-refractivity contribution >= 4 is 21.7 Å². The van der Waals surface area contributed by atoms with Gasteiger partial charge in [0.25, 0.3) is 10.1 Å². The van der Waals surface area contributed by atoms with Crippen LogP contribution in [0.1, 0.15) is 60.8 Å². The van der Waals surface area contributed by atoms with E-state index in [1.807, 2.05) is 20.9 Å². The standard InChI is InChI=1S/C33H39N3O2.C6H6O3S/c1-32(2)26-20-25(28(38-5)21-27(26)35(4)31(32)37)30-24-16-18-36(19-17-24)33(30,34-3)29(22-12-8-6-9-13-22)23-14-10-7-11-15-23;7-10(8,9)6-4-2-1-3-5-6/h6-15,20-21,24,29-30,34H,16-19H2,1-5H3;1-5H,(H,7,8,9)/t30-,33+;/m0./s1. The maximum atomic E-state index is 13.2. The smallest absolute Gasteiger partial charge is 0.294 e. The van der Waals surface area contributed by atoms with Crippen LogP contribution >= 0.6 is 0 Å². The van der Waals surface area contributed by atoms with Crippen LogP contribution in [-0.2, 0) is 20.3 Å². The van der Waals surface area contributed by atoms with Gasteiger partial charge in [-0.25, -0.2) is 0 Å². The lowest BCUT2D eigenvalue weighted by Gasteiger charge is -2.62. The monoisotopic (exact) mass is 667 g/mol. The van der Waals surface area contributed by atoms with Gasteiger partial charge in [0.2, 0.25) is 5.91 Å². The van der Waals surface area contributed by atoms with Crippen molar-refractivity contribution in [1.29, 1.82) is 0 Å². The number of rotatable bonds is 7. The molecule has 4 aromatic rings. The quantitative estimate of drug-likeness (QED) is 0.219. The molecule has 9 heteroatoms. The summed E-state index contributed by atoms with van der Waals surface area (Å²) in [5, 5.41) is 3.94. The van der Waals surface area contributed by atoms with Crippen molar-refractivity contribution in [3.05, 3.63) is 125 Å². The number of anilines is 1. The maximum Gasteiger partial charge on any atom is 0.294 e. The summed E-state index contributed by atoms with van der Waals surface area (Å²) >= 11 is 0.